The van der Waals surface area contributed by atoms with Gasteiger partial charge in [0.2, 0.25) is 5.91 Å². The maximum atomic E-state index is 11.8. The maximum Gasteiger partial charge on any atom is 0.246 e. The number of halogens is 1. The normalized spacial score (nSPS) is 17.4. The van der Waals surface area contributed by atoms with Gasteiger partial charge in [-0.3, -0.25) is 4.79 Å². The summed E-state index contributed by atoms with van der Waals surface area (Å²) in [5.74, 6) is 0.608. The predicted molar refractivity (Wildman–Crippen MR) is 76.9 cm³/mol. The summed E-state index contributed by atoms with van der Waals surface area (Å²) in [6.07, 6.45) is 3.22. The molecule has 1 heterocycles. The lowest BCUT2D eigenvalue weighted by molar-refractivity contribution is -0.146. The number of carbonyl (C=O) groups excluding carboxylic acids is 1. The fourth-order valence-electron chi connectivity index (χ4n) is 2.03. The molecule has 1 aromatic rings. The van der Waals surface area contributed by atoms with Gasteiger partial charge in [0, 0.05) is 16.1 Å². The average molecular weight is 326 g/mol. The summed E-state index contributed by atoms with van der Waals surface area (Å²) in [4.78, 5) is 13.4. The zero-order valence-electron chi connectivity index (χ0n) is 10.9. The topological polar surface area (TPSA) is 49.8 Å². The number of likely N-dealkylation sites (tertiary alicyclic amines) is 1. The van der Waals surface area contributed by atoms with Gasteiger partial charge in [0.15, 0.2) is 0 Å². The van der Waals surface area contributed by atoms with E-state index >= 15 is 0 Å². The van der Waals surface area contributed by atoms with Gasteiger partial charge in [0.1, 0.15) is 5.75 Å². The molecule has 0 bridgehead atoms. The van der Waals surface area contributed by atoms with Crippen LogP contribution in [-0.4, -0.2) is 41.7 Å². The van der Waals surface area contributed by atoms with Crippen LogP contribution in [0.2, 0.25) is 0 Å². The van der Waals surface area contributed by atoms with Crippen LogP contribution in [0.25, 0.3) is 6.08 Å². The van der Waals surface area contributed by atoms with Gasteiger partial charge < -0.3 is 14.7 Å². The van der Waals surface area contributed by atoms with Crippen molar-refractivity contribution in [2.24, 2.45) is 0 Å². The quantitative estimate of drug-likeness (QED) is 0.865. The minimum Gasteiger partial charge on any atom is -0.496 e. The Morgan fingerprint density at radius 1 is 1.53 bits per heavy atom. The molecule has 0 atom stereocenters. The molecule has 4 nitrogen and oxygen atoms in total. The van der Waals surface area contributed by atoms with Crippen LogP contribution < -0.4 is 4.74 Å². The van der Waals surface area contributed by atoms with Gasteiger partial charge >= 0.3 is 0 Å². The largest absolute Gasteiger partial charge is 0.496 e. The van der Waals surface area contributed by atoms with Crippen molar-refractivity contribution in [3.8, 4) is 5.75 Å². The molecule has 19 heavy (non-hydrogen) atoms. The highest BCUT2D eigenvalue weighted by Crippen LogP contribution is 2.25. The number of hydrogen-bond donors (Lipinski definition) is 1. The summed E-state index contributed by atoms with van der Waals surface area (Å²) in [6, 6.07) is 5.60. The molecule has 0 aromatic heterocycles. The van der Waals surface area contributed by atoms with Gasteiger partial charge in [-0.05, 0) is 31.2 Å². The average Bonchev–Trinajstić information content (AvgIpc) is 2.33. The highest BCUT2D eigenvalue weighted by atomic mass is 79.9. The zero-order chi connectivity index (χ0) is 14.0. The van der Waals surface area contributed by atoms with E-state index in [-0.39, 0.29) is 5.91 Å². The Bertz CT molecular complexity index is 517. The highest BCUT2D eigenvalue weighted by Gasteiger charge is 2.38. The smallest absolute Gasteiger partial charge is 0.246 e. The van der Waals surface area contributed by atoms with Crippen molar-refractivity contribution < 1.29 is 14.6 Å². The molecule has 0 unspecified atom stereocenters. The molecule has 102 valence electrons. The Hall–Kier alpha value is -1.33. The summed E-state index contributed by atoms with van der Waals surface area (Å²) in [6.45, 7) is 2.48. The van der Waals surface area contributed by atoms with E-state index < -0.39 is 5.60 Å². The van der Waals surface area contributed by atoms with Crippen LogP contribution in [0.4, 0.5) is 0 Å². The van der Waals surface area contributed by atoms with Crippen LogP contribution >= 0.6 is 15.9 Å². The van der Waals surface area contributed by atoms with Gasteiger partial charge in [-0.25, -0.2) is 0 Å². The molecule has 0 radical (unpaired) electrons. The standard InChI is InChI=1S/C14H16BrNO3/c1-14(18)8-16(9-14)13(17)6-3-10-7-11(15)4-5-12(10)19-2/h3-7,18H,8-9H2,1-2H3. The second kappa shape index (κ2) is 5.35. The van der Waals surface area contributed by atoms with E-state index in [2.05, 4.69) is 15.9 Å². The molecule has 0 spiro atoms. The second-order valence-corrected chi connectivity index (χ2v) is 5.83. The van der Waals surface area contributed by atoms with E-state index in [4.69, 9.17) is 4.74 Å². The number of methoxy groups -OCH3 is 1. The van der Waals surface area contributed by atoms with Crippen LogP contribution in [0.1, 0.15) is 12.5 Å². The highest BCUT2D eigenvalue weighted by molar-refractivity contribution is 9.10. The van der Waals surface area contributed by atoms with E-state index in [1.165, 1.54) is 6.08 Å². The van der Waals surface area contributed by atoms with E-state index in [1.54, 1.807) is 25.0 Å². The molecule has 1 fully saturated rings. The fourth-order valence-corrected chi connectivity index (χ4v) is 2.41. The lowest BCUT2D eigenvalue weighted by Crippen LogP contribution is -2.61. The molecule has 0 saturated carbocycles. The van der Waals surface area contributed by atoms with Crippen LogP contribution in [0.3, 0.4) is 0 Å². The molecular weight excluding hydrogens is 310 g/mol. The van der Waals surface area contributed by atoms with Crippen LogP contribution in [0.15, 0.2) is 28.7 Å². The SMILES string of the molecule is COc1ccc(Br)cc1C=CC(=O)N1CC(C)(O)C1. The summed E-state index contributed by atoms with van der Waals surface area (Å²) in [7, 11) is 1.59. The minimum absolute atomic E-state index is 0.103. The monoisotopic (exact) mass is 325 g/mol. The summed E-state index contributed by atoms with van der Waals surface area (Å²) < 4.78 is 6.15. The van der Waals surface area contributed by atoms with Crippen molar-refractivity contribution in [1.82, 2.24) is 4.90 Å². The van der Waals surface area contributed by atoms with Crippen molar-refractivity contribution in [2.75, 3.05) is 20.2 Å². The van der Waals surface area contributed by atoms with Crippen LogP contribution in [-0.2, 0) is 4.79 Å². The molecule has 1 aliphatic rings. The van der Waals surface area contributed by atoms with Crippen LogP contribution in [0, 0.1) is 0 Å². The van der Waals surface area contributed by atoms with Crippen molar-refractivity contribution in [1.29, 1.82) is 0 Å². The summed E-state index contributed by atoms with van der Waals surface area (Å²) in [5.41, 5.74) is 0.0919. The third-order valence-electron chi connectivity index (χ3n) is 2.97. The van der Waals surface area contributed by atoms with Gasteiger partial charge in [-0.1, -0.05) is 15.9 Å². The Balaban J connectivity index is 2.06. The summed E-state index contributed by atoms with van der Waals surface area (Å²) >= 11 is 3.38. The molecule has 5 heteroatoms. The first kappa shape index (κ1) is 14.1. The number of ether oxygens (including phenoxy) is 1. The molecule has 1 saturated heterocycles. The van der Waals surface area contributed by atoms with Crippen molar-refractivity contribution in [3.63, 3.8) is 0 Å². The van der Waals surface area contributed by atoms with Crippen molar-refractivity contribution in [2.45, 2.75) is 12.5 Å². The number of amides is 1. The fraction of sp³-hybridized carbons (Fsp3) is 0.357. The summed E-state index contributed by atoms with van der Waals surface area (Å²) in [5, 5.41) is 9.59. The van der Waals surface area contributed by atoms with Gasteiger partial charge in [0.25, 0.3) is 0 Å². The number of aliphatic hydroxyl groups is 1. The van der Waals surface area contributed by atoms with Crippen molar-refractivity contribution in [3.05, 3.63) is 34.3 Å². The molecule has 1 aliphatic heterocycles. The van der Waals surface area contributed by atoms with Crippen molar-refractivity contribution >= 4 is 27.9 Å². The number of β-amino-alcohol motifs (C(OH)–C–C–N with tert-alkyl or cyclic N) is 1. The molecule has 1 aromatic carbocycles. The zero-order valence-corrected chi connectivity index (χ0v) is 12.5. The molecule has 1 amide bonds. The maximum absolute atomic E-state index is 11.8. The Morgan fingerprint density at radius 2 is 2.21 bits per heavy atom. The predicted octanol–water partition coefficient (Wildman–Crippen LogP) is 2.06. The van der Waals surface area contributed by atoms with E-state index in [0.29, 0.717) is 18.8 Å². The first-order valence-electron chi connectivity index (χ1n) is 5.94. The first-order chi connectivity index (χ1) is 8.91. The molecule has 2 rings (SSSR count). The number of hydrogen-bond acceptors (Lipinski definition) is 3. The van der Waals surface area contributed by atoms with Crippen LogP contribution in [0.5, 0.6) is 5.75 Å². The van der Waals surface area contributed by atoms with E-state index in [1.807, 2.05) is 18.2 Å². The van der Waals surface area contributed by atoms with Gasteiger partial charge in [0.05, 0.1) is 25.8 Å². The third-order valence-corrected chi connectivity index (χ3v) is 3.47. The number of nitrogens with zero attached hydrogens (tertiary/aromatic N) is 1. The lowest BCUT2D eigenvalue weighted by Gasteiger charge is -2.43. The van der Waals surface area contributed by atoms with E-state index in [9.17, 15) is 9.90 Å². The number of carbonyl (C=O) groups is 1. The third kappa shape index (κ3) is 3.36. The molecule has 0 aliphatic carbocycles. The Kier molecular flexibility index (Phi) is 3.96. The Labute approximate surface area is 120 Å². The van der Waals surface area contributed by atoms with Gasteiger partial charge in [-0.15, -0.1) is 0 Å². The Morgan fingerprint density at radius 3 is 2.79 bits per heavy atom. The molecular formula is C14H16BrNO3. The van der Waals surface area contributed by atoms with Gasteiger partial charge in [-0.2, -0.15) is 0 Å². The second-order valence-electron chi connectivity index (χ2n) is 4.91. The first-order valence-corrected chi connectivity index (χ1v) is 6.73. The number of rotatable bonds is 3. The number of benzene rings is 1. The minimum atomic E-state index is -0.739. The molecule has 1 N–H and O–H groups in total. The van der Waals surface area contributed by atoms with E-state index in [0.717, 1.165) is 10.0 Å². The lowest BCUT2D eigenvalue weighted by atomic mass is 9.97.